The van der Waals surface area contributed by atoms with E-state index in [1.807, 2.05) is 24.4 Å². The van der Waals surface area contributed by atoms with Crippen LogP contribution in [0.25, 0.3) is 0 Å². The number of aromatic hydroxyl groups is 1. The highest BCUT2D eigenvalue weighted by atomic mass is 16.6. The number of aryl methyl sites for hydroxylation is 1. The number of rotatable bonds is 6. The Balaban J connectivity index is 0.000000289. The number of nitro benzene ring substituents is 3. The van der Waals surface area contributed by atoms with Gasteiger partial charge in [0.25, 0.3) is 11.4 Å². The zero-order chi connectivity index (χ0) is 19.7. The fourth-order valence-electron chi connectivity index (χ4n) is 1.80. The summed E-state index contributed by atoms with van der Waals surface area (Å²) in [6.07, 6.45) is 3.83. The quantitative estimate of drug-likeness (QED) is 0.570. The van der Waals surface area contributed by atoms with Crippen LogP contribution in [0.5, 0.6) is 5.75 Å². The molecule has 0 aliphatic heterocycles. The average molecular weight is 365 g/mol. The SMILES string of the molecule is NCCCc1ccccn1.O=[N+]([O-])c1cc([N+](=O)[O-])c(O)c([N+](=O)[O-])c1. The summed E-state index contributed by atoms with van der Waals surface area (Å²) in [5.41, 5.74) is 3.48. The van der Waals surface area contributed by atoms with E-state index in [2.05, 4.69) is 4.98 Å². The van der Waals surface area contributed by atoms with Crippen molar-refractivity contribution in [3.63, 3.8) is 0 Å². The number of nitrogens with two attached hydrogens (primary N) is 1. The van der Waals surface area contributed by atoms with Crippen molar-refractivity contribution < 1.29 is 19.9 Å². The summed E-state index contributed by atoms with van der Waals surface area (Å²) in [5, 5.41) is 40.2. The highest BCUT2D eigenvalue weighted by Gasteiger charge is 2.30. The number of hydrogen-bond acceptors (Lipinski definition) is 9. The van der Waals surface area contributed by atoms with Gasteiger partial charge in [-0.25, -0.2) is 0 Å². The number of pyridine rings is 1. The Kier molecular flexibility index (Phi) is 7.51. The highest BCUT2D eigenvalue weighted by Crippen LogP contribution is 2.38. The van der Waals surface area contributed by atoms with E-state index in [9.17, 15) is 30.3 Å². The molecule has 12 heteroatoms. The van der Waals surface area contributed by atoms with E-state index in [1.54, 1.807) is 0 Å². The fourth-order valence-corrected chi connectivity index (χ4v) is 1.80. The fraction of sp³-hybridized carbons (Fsp3) is 0.214. The van der Waals surface area contributed by atoms with Crippen molar-refractivity contribution in [3.05, 3.63) is 72.6 Å². The van der Waals surface area contributed by atoms with Gasteiger partial charge < -0.3 is 10.8 Å². The minimum Gasteiger partial charge on any atom is -0.497 e. The van der Waals surface area contributed by atoms with Crippen LogP contribution in [0.3, 0.4) is 0 Å². The van der Waals surface area contributed by atoms with Crippen LogP contribution in [0, 0.1) is 30.3 Å². The predicted octanol–water partition coefficient (Wildman–Crippen LogP) is 2.09. The zero-order valence-electron chi connectivity index (χ0n) is 13.3. The Hall–Kier alpha value is -3.67. The molecule has 0 saturated heterocycles. The maximum Gasteiger partial charge on any atom is 0.324 e. The van der Waals surface area contributed by atoms with Crippen LogP contribution in [0.15, 0.2) is 36.5 Å². The summed E-state index contributed by atoms with van der Waals surface area (Å²) in [6.45, 7) is 0.747. The van der Waals surface area contributed by atoms with Gasteiger partial charge in [0, 0.05) is 11.9 Å². The molecule has 0 saturated carbocycles. The van der Waals surface area contributed by atoms with Crippen LogP contribution >= 0.6 is 0 Å². The third-order valence-electron chi connectivity index (χ3n) is 3.02. The molecule has 1 aromatic heterocycles. The van der Waals surface area contributed by atoms with E-state index >= 15 is 0 Å². The third kappa shape index (κ3) is 5.76. The minimum absolute atomic E-state index is 0.447. The first-order valence-electron chi connectivity index (χ1n) is 7.18. The molecule has 0 bridgehead atoms. The Morgan fingerprint density at radius 2 is 1.58 bits per heavy atom. The summed E-state index contributed by atoms with van der Waals surface area (Å²) < 4.78 is 0. The monoisotopic (exact) mass is 365 g/mol. The van der Waals surface area contributed by atoms with Gasteiger partial charge in [-0.3, -0.25) is 35.3 Å². The van der Waals surface area contributed by atoms with Crippen LogP contribution in [0.1, 0.15) is 12.1 Å². The van der Waals surface area contributed by atoms with Crippen molar-refractivity contribution in [1.82, 2.24) is 4.98 Å². The second kappa shape index (κ2) is 9.58. The number of nitrogens with zero attached hydrogens (tertiary/aromatic N) is 4. The second-order valence-corrected chi connectivity index (χ2v) is 4.82. The van der Waals surface area contributed by atoms with E-state index < -0.39 is 37.6 Å². The summed E-state index contributed by atoms with van der Waals surface area (Å²) in [7, 11) is 0. The van der Waals surface area contributed by atoms with E-state index in [1.165, 1.54) is 0 Å². The molecular weight excluding hydrogens is 350 g/mol. The number of aromatic nitrogens is 1. The van der Waals surface area contributed by atoms with Crippen molar-refractivity contribution >= 4 is 17.1 Å². The van der Waals surface area contributed by atoms with Gasteiger partial charge in [0.05, 0.1) is 26.9 Å². The van der Waals surface area contributed by atoms with Gasteiger partial charge in [0.15, 0.2) is 0 Å². The molecule has 26 heavy (non-hydrogen) atoms. The molecule has 1 heterocycles. The third-order valence-corrected chi connectivity index (χ3v) is 3.02. The second-order valence-electron chi connectivity index (χ2n) is 4.82. The number of phenols is 1. The molecule has 0 aliphatic rings. The molecule has 0 radical (unpaired) electrons. The molecule has 0 spiro atoms. The van der Waals surface area contributed by atoms with Crippen molar-refractivity contribution in [2.24, 2.45) is 5.73 Å². The average Bonchev–Trinajstić information content (AvgIpc) is 2.60. The molecule has 0 fully saturated rings. The Morgan fingerprint density at radius 1 is 1.00 bits per heavy atom. The Labute approximate surface area is 146 Å². The molecule has 3 N–H and O–H groups in total. The van der Waals surface area contributed by atoms with Crippen LogP contribution in [0.4, 0.5) is 17.1 Å². The Bertz CT molecular complexity index is 763. The van der Waals surface area contributed by atoms with E-state index in [0.717, 1.165) is 25.1 Å². The first-order valence-corrected chi connectivity index (χ1v) is 7.18. The molecule has 0 unspecified atom stereocenters. The van der Waals surface area contributed by atoms with Crippen LogP contribution in [-0.4, -0.2) is 31.4 Å². The maximum atomic E-state index is 10.4. The highest BCUT2D eigenvalue weighted by molar-refractivity contribution is 5.64. The van der Waals surface area contributed by atoms with E-state index in [-0.39, 0.29) is 0 Å². The van der Waals surface area contributed by atoms with E-state index in [0.29, 0.717) is 12.1 Å². The van der Waals surface area contributed by atoms with Crippen LogP contribution in [0.2, 0.25) is 0 Å². The van der Waals surface area contributed by atoms with Gasteiger partial charge in [-0.1, -0.05) is 6.07 Å². The van der Waals surface area contributed by atoms with Gasteiger partial charge in [0.2, 0.25) is 0 Å². The lowest BCUT2D eigenvalue weighted by Gasteiger charge is -1.97. The molecule has 138 valence electrons. The van der Waals surface area contributed by atoms with Gasteiger partial charge in [-0.2, -0.15) is 0 Å². The number of benzene rings is 1. The lowest BCUT2D eigenvalue weighted by Crippen LogP contribution is -2.00. The van der Waals surface area contributed by atoms with Crippen molar-refractivity contribution in [3.8, 4) is 5.75 Å². The lowest BCUT2D eigenvalue weighted by molar-refractivity contribution is -0.404. The summed E-state index contributed by atoms with van der Waals surface area (Å²) >= 11 is 0. The van der Waals surface area contributed by atoms with Gasteiger partial charge in [0.1, 0.15) is 0 Å². The molecule has 0 atom stereocenters. The van der Waals surface area contributed by atoms with Crippen molar-refractivity contribution in [2.45, 2.75) is 12.8 Å². The van der Waals surface area contributed by atoms with Gasteiger partial charge in [-0.05, 0) is 31.5 Å². The summed E-state index contributed by atoms with van der Waals surface area (Å²) in [4.78, 5) is 31.9. The number of non-ortho nitro benzene ring substituents is 1. The summed E-state index contributed by atoms with van der Waals surface area (Å²) in [6, 6.07) is 6.84. The number of phenolic OH excluding ortho intramolecular Hbond substituents is 1. The topological polar surface area (TPSA) is 189 Å². The molecule has 12 nitrogen and oxygen atoms in total. The zero-order valence-corrected chi connectivity index (χ0v) is 13.3. The molecule has 2 aromatic rings. The normalized spacial score (nSPS) is 9.73. The molecular formula is C14H15N5O7. The Morgan fingerprint density at radius 3 is 1.96 bits per heavy atom. The minimum atomic E-state index is -1.21. The van der Waals surface area contributed by atoms with Gasteiger partial charge >= 0.3 is 11.4 Å². The number of nitro groups is 3. The predicted molar refractivity (Wildman–Crippen MR) is 89.7 cm³/mol. The number of hydrogen-bond donors (Lipinski definition) is 2. The molecule has 1 aromatic carbocycles. The van der Waals surface area contributed by atoms with E-state index in [4.69, 9.17) is 10.8 Å². The molecule has 2 rings (SSSR count). The summed E-state index contributed by atoms with van der Waals surface area (Å²) in [5.74, 6) is -1.21. The van der Waals surface area contributed by atoms with Gasteiger partial charge in [-0.15, -0.1) is 0 Å². The first kappa shape index (κ1) is 20.4. The maximum absolute atomic E-state index is 10.4. The first-order chi connectivity index (χ1) is 12.3. The van der Waals surface area contributed by atoms with Crippen LogP contribution in [-0.2, 0) is 6.42 Å². The largest absolute Gasteiger partial charge is 0.497 e. The van der Waals surface area contributed by atoms with Crippen LogP contribution < -0.4 is 5.73 Å². The smallest absolute Gasteiger partial charge is 0.324 e. The van der Waals surface area contributed by atoms with Crippen molar-refractivity contribution in [1.29, 1.82) is 0 Å². The van der Waals surface area contributed by atoms with Crippen molar-refractivity contribution in [2.75, 3.05) is 6.54 Å². The molecule has 0 aliphatic carbocycles. The standard InChI is InChI=1S/C8H12N2.C6H3N3O7/c9-6-3-5-8-4-1-2-7-10-8;10-6-4(8(13)14)1-3(7(11)12)2-5(6)9(15)16/h1-2,4,7H,3,5-6,9H2;1-2,10H. The molecule has 0 amide bonds. The lowest BCUT2D eigenvalue weighted by atomic mass is 10.2.